The average Bonchev–Trinajstić information content (AvgIpc) is 3.38. The van der Waals surface area contributed by atoms with Crippen molar-refractivity contribution in [2.45, 2.75) is 43.7 Å². The number of rotatable bonds is 3. The van der Waals surface area contributed by atoms with E-state index in [1.54, 1.807) is 9.80 Å². The fourth-order valence-corrected chi connectivity index (χ4v) is 4.46. The number of carbonyl (C=O) groups excluding carboxylic acids is 2. The lowest BCUT2D eigenvalue weighted by atomic mass is 9.92. The van der Waals surface area contributed by atoms with Crippen LogP contribution in [0, 0.1) is 5.82 Å². The smallest absolute Gasteiger partial charge is 0.274 e. The molecule has 1 atom stereocenters. The number of imidazole rings is 1. The van der Waals surface area contributed by atoms with Crippen LogP contribution in [0.3, 0.4) is 0 Å². The van der Waals surface area contributed by atoms with Gasteiger partial charge in [0.2, 0.25) is 0 Å². The monoisotopic (exact) mass is 412 g/mol. The number of fused-ring (bicyclic) bond motifs is 1. The highest BCUT2D eigenvalue weighted by atomic mass is 19.1. The molecule has 0 bridgehead atoms. The van der Waals surface area contributed by atoms with Crippen molar-refractivity contribution < 1.29 is 19.1 Å². The lowest BCUT2D eigenvalue weighted by Crippen LogP contribution is -2.53. The molecule has 5 rings (SSSR count). The van der Waals surface area contributed by atoms with Gasteiger partial charge >= 0.3 is 0 Å². The predicted octanol–water partition coefficient (Wildman–Crippen LogP) is 1.56. The van der Waals surface area contributed by atoms with Gasteiger partial charge in [-0.05, 0) is 37.0 Å². The number of hydrogen-bond acceptors (Lipinski definition) is 4. The Morgan fingerprint density at radius 2 is 1.73 bits per heavy atom. The van der Waals surface area contributed by atoms with Gasteiger partial charge in [0.25, 0.3) is 11.8 Å². The fourth-order valence-electron chi connectivity index (χ4n) is 4.46. The first kappa shape index (κ1) is 19.2. The first-order valence-corrected chi connectivity index (χ1v) is 10.6. The molecule has 8 heteroatoms. The largest absolute Gasteiger partial charge is 0.380 e. The molecular weight excluding hydrogens is 387 g/mol. The van der Waals surface area contributed by atoms with E-state index in [-0.39, 0.29) is 23.5 Å². The van der Waals surface area contributed by atoms with E-state index in [1.807, 2.05) is 22.9 Å². The molecule has 0 radical (unpaired) electrons. The second-order valence-electron chi connectivity index (χ2n) is 8.60. The number of hydrogen-bond donors (Lipinski definition) is 1. The fraction of sp³-hybridized carbons (Fsp3) is 0.500. The standard InChI is InChI=1S/C22H25FN4O3/c23-17-4-1-15(2-5-17)16-3-6-19-24-18(14-27(19)13-16)20(28)25-9-11-26(12-10-25)21(29)22(30)7-8-22/h1-2,4-5,14,16,30H,3,6-13H2. The van der Waals surface area contributed by atoms with Crippen LogP contribution in [0.25, 0.3) is 0 Å². The second-order valence-corrected chi connectivity index (χ2v) is 8.60. The van der Waals surface area contributed by atoms with Crippen molar-refractivity contribution in [3.05, 3.63) is 53.4 Å². The predicted molar refractivity (Wildman–Crippen MR) is 106 cm³/mol. The Balaban J connectivity index is 1.23. The molecule has 3 aliphatic rings. The lowest BCUT2D eigenvalue weighted by molar-refractivity contribution is -0.143. The van der Waals surface area contributed by atoms with Gasteiger partial charge in [-0.1, -0.05) is 12.1 Å². The van der Waals surface area contributed by atoms with E-state index >= 15 is 0 Å². The average molecular weight is 412 g/mol. The van der Waals surface area contributed by atoms with Gasteiger partial charge in [0.1, 0.15) is 22.9 Å². The molecule has 2 fully saturated rings. The molecule has 1 aromatic carbocycles. The van der Waals surface area contributed by atoms with Crippen LogP contribution in [0.5, 0.6) is 0 Å². The number of aromatic nitrogens is 2. The van der Waals surface area contributed by atoms with E-state index in [2.05, 4.69) is 4.98 Å². The zero-order chi connectivity index (χ0) is 20.9. The Morgan fingerprint density at radius 3 is 2.40 bits per heavy atom. The summed E-state index contributed by atoms with van der Waals surface area (Å²) in [6, 6.07) is 6.62. The van der Waals surface area contributed by atoms with E-state index in [0.29, 0.717) is 44.7 Å². The summed E-state index contributed by atoms with van der Waals surface area (Å²) in [5.74, 6) is 0.615. The molecule has 1 aliphatic carbocycles. The number of amides is 2. The normalized spacial score (nSPS) is 22.5. The minimum atomic E-state index is -1.16. The molecule has 1 saturated carbocycles. The van der Waals surface area contributed by atoms with Crippen LogP contribution in [0.1, 0.15) is 47.1 Å². The van der Waals surface area contributed by atoms with Gasteiger partial charge in [-0.25, -0.2) is 9.37 Å². The Bertz CT molecular complexity index is 975. The first-order chi connectivity index (χ1) is 14.4. The Morgan fingerprint density at radius 1 is 1.07 bits per heavy atom. The van der Waals surface area contributed by atoms with E-state index in [1.165, 1.54) is 12.1 Å². The van der Waals surface area contributed by atoms with Crippen molar-refractivity contribution in [3.8, 4) is 0 Å². The number of halogens is 1. The summed E-state index contributed by atoms with van der Waals surface area (Å²) in [5.41, 5.74) is 0.378. The zero-order valence-electron chi connectivity index (χ0n) is 16.8. The minimum Gasteiger partial charge on any atom is -0.380 e. The van der Waals surface area contributed by atoms with Crippen molar-refractivity contribution in [1.82, 2.24) is 19.4 Å². The molecule has 3 heterocycles. The van der Waals surface area contributed by atoms with Crippen molar-refractivity contribution in [2.24, 2.45) is 0 Å². The van der Waals surface area contributed by atoms with Crippen LogP contribution < -0.4 is 0 Å². The molecule has 158 valence electrons. The molecule has 2 amide bonds. The van der Waals surface area contributed by atoms with Gasteiger partial charge in [-0.3, -0.25) is 9.59 Å². The van der Waals surface area contributed by atoms with Gasteiger partial charge in [0.15, 0.2) is 0 Å². The van der Waals surface area contributed by atoms with Gasteiger partial charge < -0.3 is 19.5 Å². The third-order valence-electron chi connectivity index (χ3n) is 6.53. The topological polar surface area (TPSA) is 78.7 Å². The summed E-state index contributed by atoms with van der Waals surface area (Å²) in [4.78, 5) is 33.2. The van der Waals surface area contributed by atoms with Crippen LogP contribution in [0.2, 0.25) is 0 Å². The highest BCUT2D eigenvalue weighted by molar-refractivity contribution is 5.93. The number of nitrogens with zero attached hydrogens (tertiary/aromatic N) is 4. The molecule has 1 saturated heterocycles. The first-order valence-electron chi connectivity index (χ1n) is 10.6. The summed E-state index contributed by atoms with van der Waals surface area (Å²) < 4.78 is 15.2. The molecule has 7 nitrogen and oxygen atoms in total. The molecule has 2 aromatic rings. The third kappa shape index (κ3) is 3.49. The number of benzene rings is 1. The van der Waals surface area contributed by atoms with Crippen molar-refractivity contribution in [1.29, 1.82) is 0 Å². The Kier molecular flexibility index (Phi) is 4.61. The highest BCUT2D eigenvalue weighted by Crippen LogP contribution is 2.37. The van der Waals surface area contributed by atoms with Crippen LogP contribution in [-0.4, -0.2) is 68.1 Å². The van der Waals surface area contributed by atoms with E-state index in [9.17, 15) is 19.1 Å². The summed E-state index contributed by atoms with van der Waals surface area (Å²) >= 11 is 0. The summed E-state index contributed by atoms with van der Waals surface area (Å²) in [5, 5.41) is 10.0. The number of aryl methyl sites for hydroxylation is 1. The van der Waals surface area contributed by atoms with Crippen LogP contribution in [0.15, 0.2) is 30.5 Å². The van der Waals surface area contributed by atoms with Gasteiger partial charge in [-0.15, -0.1) is 0 Å². The Hall–Kier alpha value is -2.74. The van der Waals surface area contributed by atoms with E-state index < -0.39 is 5.60 Å². The third-order valence-corrected chi connectivity index (χ3v) is 6.53. The number of piperazine rings is 1. The van der Waals surface area contributed by atoms with Crippen molar-refractivity contribution in [2.75, 3.05) is 26.2 Å². The summed E-state index contributed by atoms with van der Waals surface area (Å²) in [6.45, 7) is 2.49. The minimum absolute atomic E-state index is 0.118. The molecule has 2 aliphatic heterocycles. The van der Waals surface area contributed by atoms with Crippen LogP contribution in [-0.2, 0) is 17.8 Å². The van der Waals surface area contributed by atoms with Crippen molar-refractivity contribution >= 4 is 11.8 Å². The van der Waals surface area contributed by atoms with Gasteiger partial charge in [-0.2, -0.15) is 0 Å². The maximum absolute atomic E-state index is 13.2. The molecular formula is C22H25FN4O3. The molecule has 30 heavy (non-hydrogen) atoms. The van der Waals surface area contributed by atoms with E-state index in [0.717, 1.165) is 30.8 Å². The number of carbonyl (C=O) groups is 2. The van der Waals surface area contributed by atoms with Crippen LogP contribution >= 0.6 is 0 Å². The quantitative estimate of drug-likeness (QED) is 0.830. The molecule has 1 N–H and O–H groups in total. The van der Waals surface area contributed by atoms with Crippen molar-refractivity contribution in [3.63, 3.8) is 0 Å². The summed E-state index contributed by atoms with van der Waals surface area (Å²) in [7, 11) is 0. The van der Waals surface area contributed by atoms with Gasteiger partial charge in [0.05, 0.1) is 0 Å². The maximum atomic E-state index is 13.2. The maximum Gasteiger partial charge on any atom is 0.274 e. The molecule has 1 unspecified atom stereocenters. The SMILES string of the molecule is O=C(c1cn2c(n1)CCC(c1ccc(F)cc1)C2)N1CCN(C(=O)C2(O)CC2)CC1. The van der Waals surface area contributed by atoms with E-state index in [4.69, 9.17) is 0 Å². The highest BCUT2D eigenvalue weighted by Gasteiger charge is 2.50. The molecule has 0 spiro atoms. The number of aliphatic hydroxyl groups is 1. The zero-order valence-corrected chi connectivity index (χ0v) is 16.8. The summed E-state index contributed by atoms with van der Waals surface area (Å²) in [6.07, 6.45) is 4.57. The lowest BCUT2D eigenvalue weighted by Gasteiger charge is -2.35. The Labute approximate surface area is 174 Å². The molecule has 1 aromatic heterocycles. The van der Waals surface area contributed by atoms with Crippen LogP contribution in [0.4, 0.5) is 4.39 Å². The second kappa shape index (κ2) is 7.19. The van der Waals surface area contributed by atoms with Gasteiger partial charge in [0, 0.05) is 51.3 Å².